The van der Waals surface area contributed by atoms with E-state index in [0.29, 0.717) is 6.04 Å². The number of aromatic amines is 1. The molecule has 0 amide bonds. The van der Waals surface area contributed by atoms with Crippen LogP contribution in [0.3, 0.4) is 0 Å². The summed E-state index contributed by atoms with van der Waals surface area (Å²) in [5.41, 5.74) is 0. The predicted octanol–water partition coefficient (Wildman–Crippen LogP) is 1.95. The maximum Gasteiger partial charge on any atom is 0.241 e. The molecule has 0 aliphatic heterocycles. The first-order valence-corrected chi connectivity index (χ1v) is 8.03. The fraction of sp³-hybridized carbons (Fsp3) is 0.706. The number of allylic oxidation sites excluding steroid dienone is 1. The zero-order valence-electron chi connectivity index (χ0n) is 13.0. The van der Waals surface area contributed by atoms with Crippen molar-refractivity contribution in [3.8, 4) is 0 Å². The van der Waals surface area contributed by atoms with Gasteiger partial charge in [-0.15, -0.1) is 6.58 Å². The Morgan fingerprint density at radius 2 is 1.80 bits per heavy atom. The van der Waals surface area contributed by atoms with Gasteiger partial charge in [-0.05, 0) is 25.7 Å². The minimum absolute atomic E-state index is 0. The summed E-state index contributed by atoms with van der Waals surface area (Å²) in [4.78, 5) is 3.15. The number of halogens is 1. The molecule has 0 bridgehead atoms. The third-order valence-electron chi connectivity index (χ3n) is 3.83. The van der Waals surface area contributed by atoms with Gasteiger partial charge in [0.05, 0.1) is 0 Å². The van der Waals surface area contributed by atoms with Gasteiger partial charge in [-0.2, -0.15) is 0 Å². The third-order valence-corrected chi connectivity index (χ3v) is 3.83. The van der Waals surface area contributed by atoms with Crippen LogP contribution in [0.25, 0.3) is 0 Å². The van der Waals surface area contributed by atoms with Crippen molar-refractivity contribution in [1.82, 2.24) is 4.98 Å². The molecule has 1 aromatic heterocycles. The van der Waals surface area contributed by atoms with E-state index in [-0.39, 0.29) is 17.0 Å². The highest BCUT2D eigenvalue weighted by atomic mass is 79.9. The van der Waals surface area contributed by atoms with Crippen LogP contribution in [-0.2, 0) is 0 Å². The number of H-pyrrole nitrogens is 1. The Bertz CT molecular complexity index is 309. The Balaban J connectivity index is 0.00000361. The van der Waals surface area contributed by atoms with Crippen LogP contribution < -0.4 is 21.5 Å². The average Bonchev–Trinajstić information content (AvgIpc) is 2.95. The van der Waals surface area contributed by atoms with Gasteiger partial charge in [0.1, 0.15) is 18.4 Å². The zero-order valence-corrected chi connectivity index (χ0v) is 14.6. The second kappa shape index (κ2) is 13.4. The first-order valence-electron chi connectivity index (χ1n) is 8.03. The summed E-state index contributed by atoms with van der Waals surface area (Å²) in [5.74, 6) is 0. The second-order valence-corrected chi connectivity index (χ2v) is 5.49. The molecule has 0 aliphatic rings. The van der Waals surface area contributed by atoms with Gasteiger partial charge in [-0.1, -0.05) is 51.5 Å². The molecule has 0 fully saturated rings. The first kappa shape index (κ1) is 19.4. The van der Waals surface area contributed by atoms with Crippen LogP contribution in [0.1, 0.15) is 77.2 Å². The van der Waals surface area contributed by atoms with E-state index in [0.717, 1.165) is 6.42 Å². The highest BCUT2D eigenvalue weighted by molar-refractivity contribution is 4.69. The topological polar surface area (TPSA) is 19.7 Å². The highest BCUT2D eigenvalue weighted by Gasteiger charge is 2.13. The lowest BCUT2D eigenvalue weighted by Crippen LogP contribution is -3.00. The molecule has 3 heteroatoms. The summed E-state index contributed by atoms with van der Waals surface area (Å²) in [6.45, 7) is 6.11. The van der Waals surface area contributed by atoms with Crippen LogP contribution >= 0.6 is 0 Å². The number of aromatic nitrogens is 2. The van der Waals surface area contributed by atoms with E-state index >= 15 is 0 Å². The molecule has 1 atom stereocenters. The number of rotatable bonds is 12. The lowest BCUT2D eigenvalue weighted by molar-refractivity contribution is -0.723. The van der Waals surface area contributed by atoms with Crippen LogP contribution in [0.2, 0.25) is 0 Å². The van der Waals surface area contributed by atoms with Gasteiger partial charge in [-0.3, -0.25) is 4.98 Å². The molecule has 0 aromatic carbocycles. The second-order valence-electron chi connectivity index (χ2n) is 5.49. The van der Waals surface area contributed by atoms with E-state index in [1.165, 1.54) is 57.8 Å². The predicted molar refractivity (Wildman–Crippen MR) is 82.1 cm³/mol. The Kier molecular flexibility index (Phi) is 13.0. The summed E-state index contributed by atoms with van der Waals surface area (Å²) in [6.07, 6.45) is 21.6. The van der Waals surface area contributed by atoms with Gasteiger partial charge in [0.15, 0.2) is 0 Å². The molecular formula is C17H31BrN2. The number of hydrogen-bond donors (Lipinski definition) is 1. The van der Waals surface area contributed by atoms with Crippen molar-refractivity contribution in [3.63, 3.8) is 0 Å². The molecule has 0 radical (unpaired) electrons. The van der Waals surface area contributed by atoms with Crippen molar-refractivity contribution in [3.05, 3.63) is 31.4 Å². The summed E-state index contributed by atoms with van der Waals surface area (Å²) in [6, 6.07) is 0.639. The van der Waals surface area contributed by atoms with E-state index in [4.69, 9.17) is 0 Å². The normalized spacial score (nSPS) is 11.8. The molecule has 1 heterocycles. The van der Waals surface area contributed by atoms with Crippen molar-refractivity contribution >= 4 is 0 Å². The van der Waals surface area contributed by atoms with E-state index in [9.17, 15) is 0 Å². The maximum atomic E-state index is 3.84. The van der Waals surface area contributed by atoms with E-state index < -0.39 is 0 Å². The molecule has 0 saturated heterocycles. The molecule has 0 spiro atoms. The van der Waals surface area contributed by atoms with Crippen molar-refractivity contribution in [1.29, 1.82) is 0 Å². The minimum atomic E-state index is 0. The van der Waals surface area contributed by atoms with Crippen LogP contribution in [0.15, 0.2) is 31.4 Å². The number of hydrogen-bond acceptors (Lipinski definition) is 0. The number of nitrogens with zero attached hydrogens (tertiary/aromatic N) is 1. The molecule has 1 N–H and O–H groups in total. The van der Waals surface area contributed by atoms with Crippen LogP contribution in [0, 0.1) is 0 Å². The molecule has 1 unspecified atom stereocenters. The first-order chi connectivity index (χ1) is 9.38. The molecular weight excluding hydrogens is 312 g/mol. The zero-order chi connectivity index (χ0) is 13.8. The summed E-state index contributed by atoms with van der Waals surface area (Å²) < 4.78 is 2.32. The molecule has 2 nitrogen and oxygen atoms in total. The Morgan fingerprint density at radius 1 is 1.10 bits per heavy atom. The van der Waals surface area contributed by atoms with Crippen LogP contribution in [0.4, 0.5) is 0 Å². The van der Waals surface area contributed by atoms with Crippen molar-refractivity contribution in [2.75, 3.05) is 0 Å². The van der Waals surface area contributed by atoms with E-state index in [1.54, 1.807) is 0 Å². The summed E-state index contributed by atoms with van der Waals surface area (Å²) in [5, 5.41) is 0. The number of nitrogens with one attached hydrogen (secondary N) is 1. The Hall–Kier alpha value is -0.570. The van der Waals surface area contributed by atoms with E-state index in [2.05, 4.69) is 35.6 Å². The maximum absolute atomic E-state index is 3.84. The lowest BCUT2D eigenvalue weighted by atomic mass is 10.0. The summed E-state index contributed by atoms with van der Waals surface area (Å²) in [7, 11) is 0. The monoisotopic (exact) mass is 342 g/mol. The van der Waals surface area contributed by atoms with Crippen molar-refractivity contribution < 1.29 is 21.5 Å². The quantitative estimate of drug-likeness (QED) is 0.340. The fourth-order valence-corrected chi connectivity index (χ4v) is 2.62. The lowest BCUT2D eigenvalue weighted by Gasteiger charge is -2.12. The molecule has 0 saturated carbocycles. The highest BCUT2D eigenvalue weighted by Crippen LogP contribution is 2.17. The average molecular weight is 343 g/mol. The number of imidazole rings is 1. The Labute approximate surface area is 135 Å². The third kappa shape index (κ3) is 8.57. The largest absolute Gasteiger partial charge is 1.00 e. The fourth-order valence-electron chi connectivity index (χ4n) is 2.62. The summed E-state index contributed by atoms with van der Waals surface area (Å²) >= 11 is 0. The molecule has 20 heavy (non-hydrogen) atoms. The molecule has 1 rings (SSSR count). The van der Waals surface area contributed by atoms with Crippen molar-refractivity contribution in [2.24, 2.45) is 0 Å². The van der Waals surface area contributed by atoms with Gasteiger partial charge in [0, 0.05) is 0 Å². The SMILES string of the molecule is C=CCCC(CCCCCCCCC)[n+]1cc[nH]c1.[Br-]. The smallest absolute Gasteiger partial charge is 0.241 e. The molecule has 1 aromatic rings. The van der Waals surface area contributed by atoms with Gasteiger partial charge >= 0.3 is 0 Å². The molecule has 116 valence electrons. The number of unbranched alkanes of at least 4 members (excludes halogenated alkanes) is 6. The van der Waals surface area contributed by atoms with Gasteiger partial charge < -0.3 is 17.0 Å². The van der Waals surface area contributed by atoms with Gasteiger partial charge in [0.2, 0.25) is 6.33 Å². The van der Waals surface area contributed by atoms with Crippen molar-refractivity contribution in [2.45, 2.75) is 77.2 Å². The minimum Gasteiger partial charge on any atom is -1.00 e. The Morgan fingerprint density at radius 3 is 2.40 bits per heavy atom. The molecule has 0 aliphatic carbocycles. The van der Waals surface area contributed by atoms with Crippen LogP contribution in [-0.4, -0.2) is 4.98 Å². The van der Waals surface area contributed by atoms with Crippen LogP contribution in [0.5, 0.6) is 0 Å². The van der Waals surface area contributed by atoms with Gasteiger partial charge in [0.25, 0.3) is 0 Å². The standard InChI is InChI=1S/C17H30N2.BrH/c1-3-5-7-8-9-10-11-13-17(12-6-4-2)19-15-14-18-16-19;/h4,14-17H,2-3,5-13H2,1H3;1H. The van der Waals surface area contributed by atoms with Gasteiger partial charge in [-0.25, -0.2) is 4.57 Å². The van der Waals surface area contributed by atoms with E-state index in [1.807, 2.05) is 12.3 Å².